The van der Waals surface area contributed by atoms with Gasteiger partial charge in [0.15, 0.2) is 0 Å². The number of halogens is 1. The lowest BCUT2D eigenvalue weighted by Gasteiger charge is -2.47. The van der Waals surface area contributed by atoms with Crippen molar-refractivity contribution in [1.82, 2.24) is 0 Å². The summed E-state index contributed by atoms with van der Waals surface area (Å²) in [6, 6.07) is 12.4. The predicted molar refractivity (Wildman–Crippen MR) is 115 cm³/mol. The van der Waals surface area contributed by atoms with Crippen molar-refractivity contribution < 1.29 is 4.74 Å². The molecule has 1 heterocycles. The molecule has 26 heavy (non-hydrogen) atoms. The van der Waals surface area contributed by atoms with E-state index in [0.29, 0.717) is 5.92 Å². The normalized spacial score (nSPS) is 18.8. The van der Waals surface area contributed by atoms with Crippen molar-refractivity contribution >= 4 is 33.5 Å². The van der Waals surface area contributed by atoms with Crippen molar-refractivity contribution in [3.8, 4) is 5.75 Å². The first-order chi connectivity index (χ1) is 12.4. The van der Waals surface area contributed by atoms with Crippen molar-refractivity contribution in [2.75, 3.05) is 18.6 Å². The summed E-state index contributed by atoms with van der Waals surface area (Å²) in [6.45, 7) is 10.2. The molecule has 1 aliphatic rings. The summed E-state index contributed by atoms with van der Waals surface area (Å²) in [5, 5.41) is 0. The Morgan fingerprint density at radius 2 is 2.08 bits per heavy atom. The second-order valence-electron chi connectivity index (χ2n) is 7.55. The van der Waals surface area contributed by atoms with Crippen LogP contribution < -0.4 is 9.64 Å². The summed E-state index contributed by atoms with van der Waals surface area (Å²) in [6.07, 6.45) is 3.05. The number of benzene rings is 2. The van der Waals surface area contributed by atoms with Gasteiger partial charge in [0.25, 0.3) is 0 Å². The number of anilines is 1. The average molecular weight is 415 g/mol. The van der Waals surface area contributed by atoms with E-state index >= 15 is 0 Å². The monoisotopic (exact) mass is 414 g/mol. The molecule has 0 N–H and O–H groups in total. The SMILES string of the molecule is CCN1c2cc(OC)c(C=Nc3cccc(Br)c3)cc2C(C)CC1(C)C. The molecule has 2 aromatic rings. The van der Waals surface area contributed by atoms with Crippen LogP contribution in [0.15, 0.2) is 45.9 Å². The molecule has 0 aromatic heterocycles. The molecule has 2 aromatic carbocycles. The Morgan fingerprint density at radius 1 is 1.31 bits per heavy atom. The maximum atomic E-state index is 5.69. The van der Waals surface area contributed by atoms with Gasteiger partial charge in [-0.15, -0.1) is 0 Å². The van der Waals surface area contributed by atoms with Crippen molar-refractivity contribution in [3.63, 3.8) is 0 Å². The Bertz CT molecular complexity index is 829. The fourth-order valence-electron chi connectivity index (χ4n) is 4.10. The molecule has 3 rings (SSSR count). The highest BCUT2D eigenvalue weighted by molar-refractivity contribution is 9.10. The number of methoxy groups -OCH3 is 1. The van der Waals surface area contributed by atoms with E-state index in [9.17, 15) is 0 Å². The third kappa shape index (κ3) is 3.66. The minimum atomic E-state index is 0.151. The molecule has 1 aliphatic heterocycles. The van der Waals surface area contributed by atoms with Gasteiger partial charge in [-0.3, -0.25) is 4.99 Å². The molecule has 0 amide bonds. The van der Waals surface area contributed by atoms with Gasteiger partial charge in [-0.05, 0) is 62.9 Å². The quantitative estimate of drug-likeness (QED) is 0.546. The molecule has 3 nitrogen and oxygen atoms in total. The molecule has 0 bridgehead atoms. The van der Waals surface area contributed by atoms with Gasteiger partial charge >= 0.3 is 0 Å². The van der Waals surface area contributed by atoms with Gasteiger partial charge in [-0.2, -0.15) is 0 Å². The Morgan fingerprint density at radius 3 is 2.73 bits per heavy atom. The summed E-state index contributed by atoms with van der Waals surface area (Å²) in [5.74, 6) is 1.37. The highest BCUT2D eigenvalue weighted by Crippen LogP contribution is 2.45. The molecular weight excluding hydrogens is 388 g/mol. The van der Waals surface area contributed by atoms with Crippen LogP contribution in [0.4, 0.5) is 11.4 Å². The number of ether oxygens (including phenoxy) is 1. The van der Waals surface area contributed by atoms with Gasteiger partial charge in [0.2, 0.25) is 0 Å². The fourth-order valence-corrected chi connectivity index (χ4v) is 4.49. The highest BCUT2D eigenvalue weighted by Gasteiger charge is 2.36. The smallest absolute Gasteiger partial charge is 0.129 e. The molecule has 1 atom stereocenters. The van der Waals surface area contributed by atoms with Gasteiger partial charge in [0.1, 0.15) is 5.75 Å². The van der Waals surface area contributed by atoms with E-state index in [-0.39, 0.29) is 5.54 Å². The lowest BCUT2D eigenvalue weighted by molar-refractivity contribution is 0.377. The Kier molecular flexibility index (Phi) is 5.42. The van der Waals surface area contributed by atoms with Crippen LogP contribution in [-0.4, -0.2) is 25.4 Å². The molecule has 4 heteroatoms. The Balaban J connectivity index is 2.05. The number of nitrogens with zero attached hydrogens (tertiary/aromatic N) is 2. The number of hydrogen-bond acceptors (Lipinski definition) is 3. The zero-order valence-corrected chi connectivity index (χ0v) is 17.8. The summed E-state index contributed by atoms with van der Waals surface area (Å²) >= 11 is 3.49. The molecule has 1 unspecified atom stereocenters. The van der Waals surface area contributed by atoms with E-state index in [4.69, 9.17) is 4.74 Å². The Labute approximate surface area is 165 Å². The number of aliphatic imine (C=N–C) groups is 1. The second kappa shape index (κ2) is 7.43. The van der Waals surface area contributed by atoms with Gasteiger partial charge in [0.05, 0.1) is 12.8 Å². The molecule has 0 fully saturated rings. The fraction of sp³-hybridized carbons (Fsp3) is 0.409. The minimum absolute atomic E-state index is 0.151. The molecule has 0 radical (unpaired) electrons. The average Bonchev–Trinajstić information content (AvgIpc) is 2.59. The van der Waals surface area contributed by atoms with Crippen molar-refractivity contribution in [2.24, 2.45) is 4.99 Å². The van der Waals surface area contributed by atoms with E-state index < -0.39 is 0 Å². The predicted octanol–water partition coefficient (Wildman–Crippen LogP) is 6.32. The van der Waals surface area contributed by atoms with E-state index in [1.807, 2.05) is 30.5 Å². The van der Waals surface area contributed by atoms with Gasteiger partial charge in [0, 0.05) is 40.1 Å². The van der Waals surface area contributed by atoms with Crippen LogP contribution in [0.5, 0.6) is 5.75 Å². The van der Waals surface area contributed by atoms with E-state index in [1.165, 1.54) is 11.3 Å². The summed E-state index contributed by atoms with van der Waals surface area (Å²) in [4.78, 5) is 7.13. The number of hydrogen-bond donors (Lipinski definition) is 0. The van der Waals surface area contributed by atoms with Gasteiger partial charge < -0.3 is 9.64 Å². The van der Waals surface area contributed by atoms with Crippen LogP contribution in [0, 0.1) is 0 Å². The van der Waals surface area contributed by atoms with Crippen molar-refractivity contribution in [1.29, 1.82) is 0 Å². The largest absolute Gasteiger partial charge is 0.496 e. The lowest BCUT2D eigenvalue weighted by Crippen LogP contribution is -2.48. The summed E-state index contributed by atoms with van der Waals surface area (Å²) in [7, 11) is 1.73. The first-order valence-corrected chi connectivity index (χ1v) is 9.94. The van der Waals surface area contributed by atoms with Crippen LogP contribution in [0.2, 0.25) is 0 Å². The topological polar surface area (TPSA) is 24.8 Å². The highest BCUT2D eigenvalue weighted by atomic mass is 79.9. The maximum absolute atomic E-state index is 5.69. The molecule has 0 spiro atoms. The van der Waals surface area contributed by atoms with E-state index in [0.717, 1.165) is 34.4 Å². The van der Waals surface area contributed by atoms with E-state index in [2.05, 4.69) is 65.6 Å². The molecule has 138 valence electrons. The molecular formula is C22H27BrN2O. The van der Waals surface area contributed by atoms with Gasteiger partial charge in [-0.1, -0.05) is 28.9 Å². The number of fused-ring (bicyclic) bond motifs is 1. The summed E-state index contributed by atoms with van der Waals surface area (Å²) in [5.41, 5.74) is 4.76. The third-order valence-electron chi connectivity index (χ3n) is 5.21. The lowest BCUT2D eigenvalue weighted by atomic mass is 9.79. The van der Waals surface area contributed by atoms with Crippen molar-refractivity contribution in [3.05, 3.63) is 52.0 Å². The Hall–Kier alpha value is -1.81. The third-order valence-corrected chi connectivity index (χ3v) is 5.71. The van der Waals surface area contributed by atoms with Crippen LogP contribution >= 0.6 is 15.9 Å². The summed E-state index contributed by atoms with van der Waals surface area (Å²) < 4.78 is 6.72. The zero-order valence-electron chi connectivity index (χ0n) is 16.2. The van der Waals surface area contributed by atoms with Crippen LogP contribution in [-0.2, 0) is 0 Å². The molecule has 0 aliphatic carbocycles. The second-order valence-corrected chi connectivity index (χ2v) is 8.47. The van der Waals surface area contributed by atoms with Crippen LogP contribution in [0.3, 0.4) is 0 Å². The standard InChI is InChI=1S/C22H27BrN2O/c1-6-25-20-12-21(26-5)16(10-19(20)15(2)13-22(25,3)4)14-24-18-9-7-8-17(23)11-18/h7-12,14-15H,6,13H2,1-5H3. The van der Waals surface area contributed by atoms with E-state index in [1.54, 1.807) is 7.11 Å². The minimum Gasteiger partial charge on any atom is -0.496 e. The first kappa shape index (κ1) is 19.0. The maximum Gasteiger partial charge on any atom is 0.129 e. The number of rotatable bonds is 4. The van der Waals surface area contributed by atoms with Crippen LogP contribution in [0.1, 0.15) is 51.2 Å². The molecule has 0 saturated heterocycles. The van der Waals surface area contributed by atoms with Crippen LogP contribution in [0.25, 0.3) is 0 Å². The first-order valence-electron chi connectivity index (χ1n) is 9.15. The van der Waals surface area contributed by atoms with Gasteiger partial charge in [-0.25, -0.2) is 0 Å². The van der Waals surface area contributed by atoms with Crippen molar-refractivity contribution in [2.45, 2.75) is 45.6 Å². The molecule has 0 saturated carbocycles. The zero-order chi connectivity index (χ0) is 18.9.